The maximum absolute atomic E-state index is 10.1. The third kappa shape index (κ3) is 1.79. The predicted octanol–water partition coefficient (Wildman–Crippen LogP) is 5.03. The Labute approximate surface area is 130 Å². The molecule has 120 valence electrons. The Morgan fingerprint density at radius 1 is 0.952 bits per heavy atom. The molecule has 0 heterocycles. The van der Waals surface area contributed by atoms with Crippen LogP contribution in [0.5, 0.6) is 0 Å². The molecule has 0 aromatic carbocycles. The molecule has 4 saturated carbocycles. The van der Waals surface area contributed by atoms with Crippen LogP contribution in [0.3, 0.4) is 0 Å². The van der Waals surface area contributed by atoms with Crippen molar-refractivity contribution >= 4 is 0 Å². The lowest BCUT2D eigenvalue weighted by Crippen LogP contribution is -2.57. The topological polar surface area (TPSA) is 20.2 Å². The Balaban J connectivity index is 1.71. The standard InChI is InChI=1S/C20H34O/c1-14-11-20-10-7-16-18(2,13-21)8-4-9-19(16,3)17(20)6-5-15(14)12-20/h14-17,21H,4-13H2,1-3H3/t14-,15+,16+,17-,18-,19+,20+/m0/s1. The summed E-state index contributed by atoms with van der Waals surface area (Å²) in [6.45, 7) is 7.94. The average molecular weight is 290 g/mol. The molecule has 1 spiro atoms. The summed E-state index contributed by atoms with van der Waals surface area (Å²) in [5.74, 6) is 3.74. The van der Waals surface area contributed by atoms with E-state index in [9.17, 15) is 5.11 Å². The fourth-order valence-electron chi connectivity index (χ4n) is 8.11. The van der Waals surface area contributed by atoms with Crippen molar-refractivity contribution in [3.05, 3.63) is 0 Å². The summed E-state index contributed by atoms with van der Waals surface area (Å²) >= 11 is 0. The molecule has 0 unspecified atom stereocenters. The molecule has 21 heavy (non-hydrogen) atoms. The Bertz CT molecular complexity index is 428. The lowest BCUT2D eigenvalue weighted by molar-refractivity contribution is -0.159. The van der Waals surface area contributed by atoms with E-state index in [1.165, 1.54) is 57.8 Å². The second-order valence-corrected chi connectivity index (χ2v) is 9.90. The highest BCUT2D eigenvalue weighted by Crippen LogP contribution is 2.72. The van der Waals surface area contributed by atoms with Crippen molar-refractivity contribution < 1.29 is 5.11 Å². The zero-order chi connectivity index (χ0) is 14.9. The quantitative estimate of drug-likeness (QED) is 0.718. The first-order valence-corrected chi connectivity index (χ1v) is 9.54. The minimum atomic E-state index is 0.204. The zero-order valence-electron chi connectivity index (χ0n) is 14.3. The molecule has 4 aliphatic rings. The van der Waals surface area contributed by atoms with E-state index in [2.05, 4.69) is 20.8 Å². The second kappa shape index (κ2) is 4.49. The maximum atomic E-state index is 10.1. The van der Waals surface area contributed by atoms with Crippen molar-refractivity contribution in [1.82, 2.24) is 0 Å². The van der Waals surface area contributed by atoms with Gasteiger partial charge in [0.15, 0.2) is 0 Å². The third-order valence-corrected chi connectivity index (χ3v) is 8.96. The normalized spacial score (nSPS) is 59.4. The van der Waals surface area contributed by atoms with Crippen molar-refractivity contribution in [3.8, 4) is 0 Å². The fraction of sp³-hybridized carbons (Fsp3) is 1.00. The van der Waals surface area contributed by atoms with Crippen LogP contribution in [0.25, 0.3) is 0 Å². The molecular weight excluding hydrogens is 256 g/mol. The minimum Gasteiger partial charge on any atom is -0.396 e. The van der Waals surface area contributed by atoms with Crippen molar-refractivity contribution in [2.75, 3.05) is 6.61 Å². The van der Waals surface area contributed by atoms with Crippen LogP contribution in [0.1, 0.15) is 78.6 Å². The van der Waals surface area contributed by atoms with Gasteiger partial charge in [0.2, 0.25) is 0 Å². The van der Waals surface area contributed by atoms with E-state index in [0.29, 0.717) is 17.4 Å². The van der Waals surface area contributed by atoms with E-state index in [1.54, 1.807) is 0 Å². The monoisotopic (exact) mass is 290 g/mol. The lowest BCUT2D eigenvalue weighted by atomic mass is 9.41. The maximum Gasteiger partial charge on any atom is 0.0487 e. The van der Waals surface area contributed by atoms with Gasteiger partial charge in [0, 0.05) is 6.61 Å². The molecule has 4 aliphatic carbocycles. The highest BCUT2D eigenvalue weighted by molar-refractivity contribution is 5.13. The minimum absolute atomic E-state index is 0.204. The number of aliphatic hydroxyl groups is 1. The summed E-state index contributed by atoms with van der Waals surface area (Å²) < 4.78 is 0. The van der Waals surface area contributed by atoms with Gasteiger partial charge in [0.25, 0.3) is 0 Å². The Morgan fingerprint density at radius 3 is 2.52 bits per heavy atom. The van der Waals surface area contributed by atoms with E-state index in [4.69, 9.17) is 0 Å². The predicted molar refractivity (Wildman–Crippen MR) is 86.9 cm³/mol. The molecule has 7 atom stereocenters. The molecule has 4 fully saturated rings. The second-order valence-electron chi connectivity index (χ2n) is 9.90. The van der Waals surface area contributed by atoms with Crippen LogP contribution < -0.4 is 0 Å². The van der Waals surface area contributed by atoms with Crippen molar-refractivity contribution in [1.29, 1.82) is 0 Å². The molecule has 0 radical (unpaired) electrons. The van der Waals surface area contributed by atoms with Gasteiger partial charge in [-0.25, -0.2) is 0 Å². The van der Waals surface area contributed by atoms with Gasteiger partial charge < -0.3 is 5.11 Å². The molecule has 0 aliphatic heterocycles. The van der Waals surface area contributed by atoms with Crippen molar-refractivity contribution in [3.63, 3.8) is 0 Å². The first kappa shape index (κ1) is 14.5. The van der Waals surface area contributed by atoms with Crippen LogP contribution in [-0.2, 0) is 0 Å². The molecule has 0 aromatic heterocycles. The van der Waals surface area contributed by atoms with E-state index < -0.39 is 0 Å². The van der Waals surface area contributed by atoms with E-state index in [-0.39, 0.29) is 5.41 Å². The first-order chi connectivity index (χ1) is 9.94. The molecule has 1 heteroatoms. The molecular formula is C20H34O. The van der Waals surface area contributed by atoms with Gasteiger partial charge >= 0.3 is 0 Å². The average Bonchev–Trinajstić information content (AvgIpc) is 2.68. The molecule has 0 amide bonds. The van der Waals surface area contributed by atoms with Crippen LogP contribution in [-0.4, -0.2) is 11.7 Å². The molecule has 0 saturated heterocycles. The van der Waals surface area contributed by atoms with Gasteiger partial charge in [-0.15, -0.1) is 0 Å². The number of hydrogen-bond acceptors (Lipinski definition) is 1. The SMILES string of the molecule is C[C@H]1C[C@@]23CC[C@@H]4[C@](C)(CO)CCC[C@@]4(C)[C@@H]2CC[C@@H]1C3. The summed E-state index contributed by atoms with van der Waals surface area (Å²) in [7, 11) is 0. The van der Waals surface area contributed by atoms with Crippen LogP contribution in [0.15, 0.2) is 0 Å². The summed E-state index contributed by atoms with van der Waals surface area (Å²) in [5, 5.41) is 10.1. The Hall–Kier alpha value is -0.0400. The van der Waals surface area contributed by atoms with Gasteiger partial charge in [-0.1, -0.05) is 27.2 Å². The van der Waals surface area contributed by atoms with Crippen LogP contribution in [0.4, 0.5) is 0 Å². The van der Waals surface area contributed by atoms with Gasteiger partial charge in [-0.3, -0.25) is 0 Å². The highest BCUT2D eigenvalue weighted by atomic mass is 16.3. The Kier molecular flexibility index (Phi) is 3.11. The van der Waals surface area contributed by atoms with Crippen LogP contribution >= 0.6 is 0 Å². The molecule has 1 nitrogen and oxygen atoms in total. The summed E-state index contributed by atoms with van der Waals surface area (Å²) in [6.07, 6.45) is 12.9. The van der Waals surface area contributed by atoms with Crippen LogP contribution in [0.2, 0.25) is 0 Å². The van der Waals surface area contributed by atoms with E-state index in [1.807, 2.05) is 0 Å². The van der Waals surface area contributed by atoms with Gasteiger partial charge in [-0.05, 0) is 91.3 Å². The van der Waals surface area contributed by atoms with E-state index in [0.717, 1.165) is 23.7 Å². The molecule has 1 N–H and O–H groups in total. The fourth-order valence-corrected chi connectivity index (χ4v) is 8.11. The van der Waals surface area contributed by atoms with Gasteiger partial charge in [0.1, 0.15) is 0 Å². The number of aliphatic hydroxyl groups excluding tert-OH is 1. The van der Waals surface area contributed by atoms with E-state index >= 15 is 0 Å². The third-order valence-electron chi connectivity index (χ3n) is 8.96. The number of rotatable bonds is 1. The van der Waals surface area contributed by atoms with Gasteiger partial charge in [0.05, 0.1) is 0 Å². The number of fused-ring (bicyclic) bond motifs is 3. The largest absolute Gasteiger partial charge is 0.396 e. The lowest BCUT2D eigenvalue weighted by Gasteiger charge is -2.64. The van der Waals surface area contributed by atoms with Crippen molar-refractivity contribution in [2.24, 2.45) is 39.9 Å². The van der Waals surface area contributed by atoms with Crippen LogP contribution in [0, 0.1) is 39.9 Å². The smallest absolute Gasteiger partial charge is 0.0487 e. The van der Waals surface area contributed by atoms with Gasteiger partial charge in [-0.2, -0.15) is 0 Å². The summed E-state index contributed by atoms with van der Waals surface area (Å²) in [4.78, 5) is 0. The Morgan fingerprint density at radius 2 is 1.76 bits per heavy atom. The first-order valence-electron chi connectivity index (χ1n) is 9.54. The molecule has 2 bridgehead atoms. The molecule has 0 aromatic rings. The summed E-state index contributed by atoms with van der Waals surface area (Å²) in [5.41, 5.74) is 1.42. The summed E-state index contributed by atoms with van der Waals surface area (Å²) in [6, 6.07) is 0. The molecule has 4 rings (SSSR count). The highest BCUT2D eigenvalue weighted by Gasteiger charge is 2.63. The van der Waals surface area contributed by atoms with Crippen molar-refractivity contribution in [2.45, 2.75) is 78.6 Å². The zero-order valence-corrected chi connectivity index (χ0v) is 14.3. The number of hydrogen-bond donors (Lipinski definition) is 1.